The van der Waals surface area contributed by atoms with E-state index in [4.69, 9.17) is 9.84 Å². The Labute approximate surface area is 108 Å². The van der Waals surface area contributed by atoms with Crippen LogP contribution in [0.5, 0.6) is 0 Å². The van der Waals surface area contributed by atoms with Gasteiger partial charge in [0.05, 0.1) is 18.7 Å². The summed E-state index contributed by atoms with van der Waals surface area (Å²) in [5.74, 6) is -0.966. The first-order valence-electron chi connectivity index (χ1n) is 5.37. The summed E-state index contributed by atoms with van der Waals surface area (Å²) in [7, 11) is 0. The molecule has 18 heavy (non-hydrogen) atoms. The van der Waals surface area contributed by atoms with Crippen LogP contribution in [0, 0.1) is 0 Å². The molecule has 0 aromatic carbocycles. The van der Waals surface area contributed by atoms with Crippen molar-refractivity contribution in [1.82, 2.24) is 4.98 Å². The molecule has 0 amide bonds. The van der Waals surface area contributed by atoms with Gasteiger partial charge < -0.3 is 14.7 Å². The molecule has 0 fully saturated rings. The van der Waals surface area contributed by atoms with Crippen molar-refractivity contribution in [2.45, 2.75) is 26.2 Å². The molecule has 0 saturated carbocycles. The third kappa shape index (κ3) is 5.48. The molecule has 0 aliphatic carbocycles. The van der Waals surface area contributed by atoms with Crippen LogP contribution in [0.2, 0.25) is 0 Å². The van der Waals surface area contributed by atoms with Crippen molar-refractivity contribution in [3.63, 3.8) is 0 Å². The van der Waals surface area contributed by atoms with E-state index >= 15 is 0 Å². The number of nitrogens with zero attached hydrogens (tertiary/aromatic N) is 1. The number of carboxylic acid groups (broad SMARTS) is 1. The fourth-order valence-electron chi connectivity index (χ4n) is 1.00. The number of ether oxygens (including phenoxy) is 1. The molecule has 0 radical (unpaired) electrons. The maximum atomic E-state index is 11.1. The summed E-state index contributed by atoms with van der Waals surface area (Å²) >= 11 is 1.14. The maximum Gasteiger partial charge on any atom is 0.533 e. The van der Waals surface area contributed by atoms with Crippen LogP contribution in [0.15, 0.2) is 5.38 Å². The number of carbonyl (C=O) groups excluding carboxylic acids is 1. The molecule has 0 aliphatic heterocycles. The zero-order valence-corrected chi connectivity index (χ0v) is 10.7. The Morgan fingerprint density at radius 1 is 1.56 bits per heavy atom. The highest BCUT2D eigenvalue weighted by molar-refractivity contribution is 7.13. The monoisotopic (exact) mass is 274 g/mol. The minimum atomic E-state index is -0.966. The van der Waals surface area contributed by atoms with E-state index in [9.17, 15) is 9.59 Å². The normalized spacial score (nSPS) is 9.83. The van der Waals surface area contributed by atoms with Gasteiger partial charge in [0.25, 0.3) is 0 Å². The largest absolute Gasteiger partial charge is 0.533 e. The topological polar surface area (TPSA) is 97.8 Å². The van der Waals surface area contributed by atoms with E-state index in [1.165, 1.54) is 0 Å². The fraction of sp³-hybridized carbons (Fsp3) is 0.500. The molecule has 1 rings (SSSR count). The SMILES string of the molecule is CCCCOC(=O)ONc1nc(CC(=O)O)cs1. The summed E-state index contributed by atoms with van der Waals surface area (Å²) in [4.78, 5) is 30.0. The van der Waals surface area contributed by atoms with Crippen molar-refractivity contribution in [1.29, 1.82) is 0 Å². The first-order valence-corrected chi connectivity index (χ1v) is 6.25. The van der Waals surface area contributed by atoms with Gasteiger partial charge >= 0.3 is 12.1 Å². The molecule has 7 nitrogen and oxygen atoms in total. The predicted molar refractivity (Wildman–Crippen MR) is 64.4 cm³/mol. The summed E-state index contributed by atoms with van der Waals surface area (Å²) in [6.45, 7) is 2.28. The summed E-state index contributed by atoms with van der Waals surface area (Å²) in [6.07, 6.45) is 0.693. The fourth-order valence-corrected chi connectivity index (χ4v) is 1.65. The zero-order valence-electron chi connectivity index (χ0n) is 9.84. The van der Waals surface area contributed by atoms with Gasteiger partial charge in [-0.3, -0.25) is 4.79 Å². The van der Waals surface area contributed by atoms with E-state index in [-0.39, 0.29) is 6.42 Å². The van der Waals surface area contributed by atoms with Crippen molar-refractivity contribution in [3.05, 3.63) is 11.1 Å². The first kappa shape index (κ1) is 14.2. The molecule has 0 unspecified atom stereocenters. The van der Waals surface area contributed by atoms with Gasteiger partial charge in [-0.2, -0.15) is 5.48 Å². The van der Waals surface area contributed by atoms with E-state index in [0.29, 0.717) is 17.4 Å². The third-order valence-electron chi connectivity index (χ3n) is 1.82. The van der Waals surface area contributed by atoms with Crippen LogP contribution in [-0.2, 0) is 20.8 Å². The number of unbranched alkanes of at least 4 members (excludes halogenated alkanes) is 1. The average molecular weight is 274 g/mol. The summed E-state index contributed by atoms with van der Waals surface area (Å²) < 4.78 is 4.73. The number of thiazole rings is 1. The molecule has 0 bridgehead atoms. The van der Waals surface area contributed by atoms with E-state index in [1.54, 1.807) is 5.38 Å². The Balaban J connectivity index is 2.28. The second-order valence-electron chi connectivity index (χ2n) is 3.37. The van der Waals surface area contributed by atoms with E-state index in [2.05, 4.69) is 15.3 Å². The van der Waals surface area contributed by atoms with Crippen molar-refractivity contribution >= 4 is 28.6 Å². The van der Waals surface area contributed by atoms with Crippen LogP contribution in [0.25, 0.3) is 0 Å². The number of anilines is 1. The molecule has 100 valence electrons. The lowest BCUT2D eigenvalue weighted by Gasteiger charge is -2.04. The Morgan fingerprint density at radius 2 is 2.33 bits per heavy atom. The third-order valence-corrected chi connectivity index (χ3v) is 2.61. The summed E-state index contributed by atoms with van der Waals surface area (Å²) in [5.41, 5.74) is 2.71. The summed E-state index contributed by atoms with van der Waals surface area (Å²) in [6, 6.07) is 0. The van der Waals surface area contributed by atoms with Gasteiger partial charge in [0.1, 0.15) is 0 Å². The molecule has 8 heteroatoms. The first-order chi connectivity index (χ1) is 8.61. The number of hydrogen-bond acceptors (Lipinski definition) is 7. The van der Waals surface area contributed by atoms with Gasteiger partial charge in [-0.1, -0.05) is 13.3 Å². The van der Waals surface area contributed by atoms with Crippen LogP contribution < -0.4 is 5.48 Å². The van der Waals surface area contributed by atoms with E-state index < -0.39 is 12.1 Å². The van der Waals surface area contributed by atoms with Gasteiger partial charge in [-0.15, -0.1) is 11.3 Å². The quantitative estimate of drug-likeness (QED) is 0.446. The van der Waals surface area contributed by atoms with Crippen molar-refractivity contribution in [2.24, 2.45) is 0 Å². The maximum absolute atomic E-state index is 11.1. The van der Waals surface area contributed by atoms with E-state index in [1.807, 2.05) is 6.92 Å². The molecule has 1 aromatic rings. The van der Waals surface area contributed by atoms with Gasteiger partial charge in [-0.25, -0.2) is 9.78 Å². The molecule has 0 atom stereocenters. The molecule has 1 aromatic heterocycles. The van der Waals surface area contributed by atoms with Gasteiger partial charge in [0.2, 0.25) is 5.13 Å². The van der Waals surface area contributed by atoms with Crippen LogP contribution in [0.1, 0.15) is 25.5 Å². The van der Waals surface area contributed by atoms with Gasteiger partial charge in [0, 0.05) is 5.38 Å². The van der Waals surface area contributed by atoms with Crippen molar-refractivity contribution < 1.29 is 24.3 Å². The number of nitrogens with one attached hydrogen (secondary N) is 1. The van der Waals surface area contributed by atoms with Crippen LogP contribution in [0.3, 0.4) is 0 Å². The Hall–Kier alpha value is -1.83. The highest BCUT2D eigenvalue weighted by Gasteiger charge is 2.08. The number of hydrogen-bond donors (Lipinski definition) is 2. The number of carbonyl (C=O) groups is 2. The Morgan fingerprint density at radius 3 is 3.00 bits per heavy atom. The Kier molecular flexibility index (Phi) is 5.92. The lowest BCUT2D eigenvalue weighted by atomic mass is 10.3. The van der Waals surface area contributed by atoms with Crippen LogP contribution in [-0.4, -0.2) is 28.8 Å². The molecule has 0 aliphatic rings. The zero-order chi connectivity index (χ0) is 13.4. The molecule has 2 N–H and O–H groups in total. The minimum absolute atomic E-state index is 0.168. The Bertz CT molecular complexity index is 407. The molecule has 0 saturated heterocycles. The predicted octanol–water partition coefficient (Wildman–Crippen LogP) is 2.05. The number of aliphatic carboxylic acids is 1. The van der Waals surface area contributed by atoms with E-state index in [0.717, 1.165) is 24.2 Å². The van der Waals surface area contributed by atoms with Crippen LogP contribution in [0.4, 0.5) is 9.93 Å². The van der Waals surface area contributed by atoms with Crippen molar-refractivity contribution in [2.75, 3.05) is 12.1 Å². The number of rotatable bonds is 7. The number of carboxylic acids is 1. The molecule has 0 spiro atoms. The molecular formula is C10H14N2O5S. The smallest absolute Gasteiger partial charge is 0.481 e. The van der Waals surface area contributed by atoms with Gasteiger partial charge in [-0.05, 0) is 6.42 Å². The summed E-state index contributed by atoms with van der Waals surface area (Å²) in [5, 5.41) is 10.4. The molecular weight excluding hydrogens is 260 g/mol. The minimum Gasteiger partial charge on any atom is -0.481 e. The van der Waals surface area contributed by atoms with Crippen molar-refractivity contribution in [3.8, 4) is 0 Å². The highest BCUT2D eigenvalue weighted by Crippen LogP contribution is 2.15. The lowest BCUT2D eigenvalue weighted by Crippen LogP contribution is -2.13. The standard InChI is InChI=1S/C10H14N2O5S/c1-2-3-4-16-10(15)17-12-9-11-7(6-18-9)5-8(13)14/h6H,2-5H2,1H3,(H,11,12)(H,13,14). The average Bonchev–Trinajstić information content (AvgIpc) is 2.73. The second kappa shape index (κ2) is 7.49. The lowest BCUT2D eigenvalue weighted by molar-refractivity contribution is -0.136. The highest BCUT2D eigenvalue weighted by atomic mass is 32.1. The molecule has 1 heterocycles. The second-order valence-corrected chi connectivity index (χ2v) is 4.23. The number of aromatic nitrogens is 1. The van der Waals surface area contributed by atoms with Gasteiger partial charge in [0.15, 0.2) is 0 Å². The van der Waals surface area contributed by atoms with Crippen LogP contribution >= 0.6 is 11.3 Å².